The number of unbranched alkanes of at least 4 members (excludes halogenated alkanes) is 1. The lowest BCUT2D eigenvalue weighted by atomic mass is 9.88. The zero-order chi connectivity index (χ0) is 29.9. The number of aromatic nitrogens is 2. The van der Waals surface area contributed by atoms with Crippen molar-refractivity contribution in [3.05, 3.63) is 95.7 Å². The molecule has 0 saturated heterocycles. The van der Waals surface area contributed by atoms with Crippen LogP contribution in [0.25, 0.3) is 22.6 Å². The fourth-order valence-electron chi connectivity index (χ4n) is 6.86. The number of hydrogen-bond donors (Lipinski definition) is 1. The number of nitrogens with zero attached hydrogens (tertiary/aromatic N) is 3. The summed E-state index contributed by atoms with van der Waals surface area (Å²) >= 11 is 0. The maximum absolute atomic E-state index is 5.40. The molecule has 0 spiro atoms. The van der Waals surface area contributed by atoms with E-state index < -0.39 is 0 Å². The second kappa shape index (κ2) is 15.9. The zero-order valence-electron chi connectivity index (χ0n) is 26.8. The summed E-state index contributed by atoms with van der Waals surface area (Å²) in [5, 5.41) is 3.59. The number of hydrogen-bond acceptors (Lipinski definition) is 3. The van der Waals surface area contributed by atoms with Crippen molar-refractivity contribution in [3.8, 4) is 22.6 Å². The van der Waals surface area contributed by atoms with Crippen LogP contribution in [-0.2, 0) is 26.1 Å². The van der Waals surface area contributed by atoms with Gasteiger partial charge in [0.25, 0.3) is 0 Å². The average Bonchev–Trinajstić information content (AvgIpc) is 3.43. The van der Waals surface area contributed by atoms with E-state index in [4.69, 9.17) is 4.98 Å². The Morgan fingerprint density at radius 2 is 1.56 bits per heavy atom. The molecule has 1 aliphatic carbocycles. The van der Waals surface area contributed by atoms with E-state index >= 15 is 0 Å². The molecule has 43 heavy (non-hydrogen) atoms. The van der Waals surface area contributed by atoms with Gasteiger partial charge in [-0.1, -0.05) is 119 Å². The van der Waals surface area contributed by atoms with Crippen LogP contribution in [0, 0.1) is 5.92 Å². The van der Waals surface area contributed by atoms with E-state index in [0.717, 1.165) is 56.6 Å². The Labute approximate surface area is 260 Å². The van der Waals surface area contributed by atoms with Crippen LogP contribution in [0.5, 0.6) is 0 Å². The van der Waals surface area contributed by atoms with Crippen molar-refractivity contribution in [1.29, 1.82) is 0 Å². The van der Waals surface area contributed by atoms with Crippen molar-refractivity contribution in [3.63, 3.8) is 0 Å². The minimum Gasteiger partial charge on any atom is -0.385 e. The van der Waals surface area contributed by atoms with Gasteiger partial charge in [0.05, 0.1) is 11.4 Å². The summed E-state index contributed by atoms with van der Waals surface area (Å²) in [7, 11) is 0. The van der Waals surface area contributed by atoms with Gasteiger partial charge in [-0.3, -0.25) is 4.90 Å². The number of imidazole rings is 1. The maximum atomic E-state index is 5.40. The highest BCUT2D eigenvalue weighted by molar-refractivity contribution is 5.68. The van der Waals surface area contributed by atoms with Crippen LogP contribution in [-0.4, -0.2) is 27.5 Å². The third-order valence-corrected chi connectivity index (χ3v) is 9.02. The van der Waals surface area contributed by atoms with Gasteiger partial charge in [0, 0.05) is 49.5 Å². The molecule has 2 aliphatic rings. The van der Waals surface area contributed by atoms with Crippen molar-refractivity contribution in [2.24, 2.45) is 5.92 Å². The molecule has 4 aromatic rings. The minimum atomic E-state index is 0.781. The maximum Gasteiger partial charge on any atom is 0.140 e. The molecule has 1 aliphatic heterocycles. The van der Waals surface area contributed by atoms with Crippen molar-refractivity contribution in [1.82, 2.24) is 14.5 Å². The molecule has 0 atom stereocenters. The number of nitrogens with one attached hydrogen (secondary N) is 1. The molecular formula is C39H52N4. The number of fused-ring (bicyclic) bond motifs is 1. The average molecular weight is 577 g/mol. The number of benzene rings is 3. The fourth-order valence-corrected chi connectivity index (χ4v) is 6.86. The lowest BCUT2D eigenvalue weighted by molar-refractivity contribution is 0.183. The van der Waals surface area contributed by atoms with E-state index in [-0.39, 0.29) is 0 Å². The zero-order valence-corrected chi connectivity index (χ0v) is 26.8. The summed E-state index contributed by atoms with van der Waals surface area (Å²) in [6.07, 6.45) is 11.6. The molecule has 2 heterocycles. The molecule has 4 heteroatoms. The summed E-state index contributed by atoms with van der Waals surface area (Å²) in [5.41, 5.74) is 9.17. The molecule has 0 unspecified atom stereocenters. The Hall–Kier alpha value is -3.37. The van der Waals surface area contributed by atoms with E-state index in [1.54, 1.807) is 0 Å². The third kappa shape index (κ3) is 7.97. The Kier molecular flexibility index (Phi) is 11.5. The Bertz CT molecular complexity index is 1390. The van der Waals surface area contributed by atoms with Gasteiger partial charge in [-0.25, -0.2) is 4.98 Å². The van der Waals surface area contributed by atoms with Gasteiger partial charge < -0.3 is 9.88 Å². The summed E-state index contributed by atoms with van der Waals surface area (Å²) in [6.45, 7) is 11.4. The molecule has 0 bridgehead atoms. The first-order valence-electron chi connectivity index (χ1n) is 17.1. The van der Waals surface area contributed by atoms with Gasteiger partial charge in [0.2, 0.25) is 0 Å². The highest BCUT2D eigenvalue weighted by Crippen LogP contribution is 2.33. The van der Waals surface area contributed by atoms with Crippen molar-refractivity contribution in [2.45, 2.75) is 98.2 Å². The summed E-state index contributed by atoms with van der Waals surface area (Å²) < 4.78 is 2.55. The third-order valence-electron chi connectivity index (χ3n) is 9.02. The molecule has 6 rings (SSSR count). The van der Waals surface area contributed by atoms with E-state index in [1.807, 2.05) is 13.8 Å². The first kappa shape index (κ1) is 31.1. The Morgan fingerprint density at radius 3 is 2.28 bits per heavy atom. The van der Waals surface area contributed by atoms with E-state index in [0.29, 0.717) is 0 Å². The summed E-state index contributed by atoms with van der Waals surface area (Å²) in [4.78, 5) is 8.14. The molecule has 1 N–H and O–H groups in total. The highest BCUT2D eigenvalue weighted by atomic mass is 15.2. The van der Waals surface area contributed by atoms with Crippen LogP contribution < -0.4 is 5.32 Å². The number of aryl methyl sites for hydroxylation is 1. The highest BCUT2D eigenvalue weighted by Gasteiger charge is 2.24. The molecule has 3 aromatic carbocycles. The van der Waals surface area contributed by atoms with Crippen molar-refractivity contribution < 1.29 is 0 Å². The molecule has 1 saturated carbocycles. The van der Waals surface area contributed by atoms with Gasteiger partial charge in [0.1, 0.15) is 5.82 Å². The van der Waals surface area contributed by atoms with Gasteiger partial charge in [0.15, 0.2) is 0 Å². The second-order valence-electron chi connectivity index (χ2n) is 12.2. The molecule has 1 fully saturated rings. The molecule has 4 nitrogen and oxygen atoms in total. The number of rotatable bonds is 11. The quantitative estimate of drug-likeness (QED) is 0.193. The number of anilines is 1. The lowest BCUT2D eigenvalue weighted by Crippen LogP contribution is -2.31. The van der Waals surface area contributed by atoms with Gasteiger partial charge >= 0.3 is 0 Å². The SMILES string of the molecule is CC.CCCCn1c(-c2ccccc2)nc(-c2ccccc2)c1CN(Cc1ccc2c(c1)CCCN2)CC1CCCCC1. The van der Waals surface area contributed by atoms with Gasteiger partial charge in [-0.05, 0) is 55.2 Å². The Balaban J connectivity index is 0.00000180. The minimum absolute atomic E-state index is 0.781. The van der Waals surface area contributed by atoms with Crippen LogP contribution in [0.2, 0.25) is 0 Å². The predicted molar refractivity (Wildman–Crippen MR) is 183 cm³/mol. The fraction of sp³-hybridized carbons (Fsp3) is 0.462. The van der Waals surface area contributed by atoms with E-state index in [9.17, 15) is 0 Å². The van der Waals surface area contributed by atoms with Crippen molar-refractivity contribution >= 4 is 5.69 Å². The Morgan fingerprint density at radius 1 is 0.837 bits per heavy atom. The van der Waals surface area contributed by atoms with Gasteiger partial charge in [-0.2, -0.15) is 0 Å². The summed E-state index contributed by atoms with van der Waals surface area (Å²) in [5.74, 6) is 1.88. The standard InChI is InChI=1S/C37H46N4.C2H6/c1-2-3-24-41-35(36(31-16-9-5-10-17-31)39-37(41)32-18-11-6-12-19-32)28-40(26-29-14-7-4-8-15-29)27-30-21-22-34-33(25-30)20-13-23-38-34;1-2/h5-6,9-12,16-19,21-22,25,29,38H,2-4,7-8,13-15,20,23-24,26-28H2,1H3;1-2H3. The van der Waals surface area contributed by atoms with Gasteiger partial charge in [-0.15, -0.1) is 0 Å². The molecule has 0 amide bonds. The normalized spacial score (nSPS) is 15.0. The smallest absolute Gasteiger partial charge is 0.140 e. The van der Waals surface area contributed by atoms with Crippen LogP contribution >= 0.6 is 0 Å². The molecule has 0 radical (unpaired) electrons. The molecule has 228 valence electrons. The van der Waals surface area contributed by atoms with Crippen molar-refractivity contribution in [2.75, 3.05) is 18.4 Å². The summed E-state index contributed by atoms with van der Waals surface area (Å²) in [6, 6.07) is 28.8. The van der Waals surface area contributed by atoms with Crippen LogP contribution in [0.15, 0.2) is 78.9 Å². The second-order valence-corrected chi connectivity index (χ2v) is 12.2. The van der Waals surface area contributed by atoms with Crippen LogP contribution in [0.4, 0.5) is 5.69 Å². The molecule has 1 aromatic heterocycles. The van der Waals surface area contributed by atoms with E-state index in [2.05, 4.69) is 101 Å². The van der Waals surface area contributed by atoms with Crippen LogP contribution in [0.1, 0.15) is 89.0 Å². The molecular weight excluding hydrogens is 524 g/mol. The monoisotopic (exact) mass is 576 g/mol. The predicted octanol–water partition coefficient (Wildman–Crippen LogP) is 9.98. The first-order chi connectivity index (χ1) is 21.3. The largest absolute Gasteiger partial charge is 0.385 e. The topological polar surface area (TPSA) is 33.1 Å². The van der Waals surface area contributed by atoms with E-state index in [1.165, 1.54) is 85.0 Å². The lowest BCUT2D eigenvalue weighted by Gasteiger charge is -2.31. The first-order valence-corrected chi connectivity index (χ1v) is 17.1. The van der Waals surface area contributed by atoms with Crippen LogP contribution in [0.3, 0.4) is 0 Å².